The van der Waals surface area contributed by atoms with Crippen molar-refractivity contribution < 1.29 is 9.90 Å². The maximum absolute atomic E-state index is 10.9. The Morgan fingerprint density at radius 1 is 1.50 bits per heavy atom. The van der Waals surface area contributed by atoms with Crippen LogP contribution < -0.4 is 5.32 Å². The minimum Gasteiger partial charge on any atom is -0.478 e. The molecule has 16 heavy (non-hydrogen) atoms. The van der Waals surface area contributed by atoms with Crippen LogP contribution in [0.4, 0.5) is 5.69 Å². The number of carbonyl (C=O) groups is 1. The molecule has 0 bridgehead atoms. The second-order valence-electron chi connectivity index (χ2n) is 4.70. The van der Waals surface area contributed by atoms with Gasteiger partial charge >= 0.3 is 5.97 Å². The Bertz CT molecular complexity index is 427. The number of hydrogen-bond acceptors (Lipinski definition) is 2. The summed E-state index contributed by atoms with van der Waals surface area (Å²) in [7, 11) is 0. The van der Waals surface area contributed by atoms with Gasteiger partial charge in [-0.3, -0.25) is 0 Å². The summed E-state index contributed by atoms with van der Waals surface area (Å²) in [6.07, 6.45) is 2.50. The summed E-state index contributed by atoms with van der Waals surface area (Å²) < 4.78 is 0.788. The van der Waals surface area contributed by atoms with Crippen LogP contribution in [-0.4, -0.2) is 17.6 Å². The molecule has 0 spiro atoms. The van der Waals surface area contributed by atoms with Crippen molar-refractivity contribution in [1.29, 1.82) is 0 Å². The first-order chi connectivity index (χ1) is 7.48. The zero-order valence-corrected chi connectivity index (χ0v) is 10.7. The van der Waals surface area contributed by atoms with Gasteiger partial charge < -0.3 is 10.4 Å². The van der Waals surface area contributed by atoms with Gasteiger partial charge in [0.25, 0.3) is 0 Å². The van der Waals surface area contributed by atoms with E-state index in [-0.39, 0.29) is 0 Å². The molecule has 0 atom stereocenters. The number of benzene rings is 1. The van der Waals surface area contributed by atoms with E-state index in [1.165, 1.54) is 12.8 Å². The minimum atomic E-state index is -0.901. The normalized spacial score (nSPS) is 16.9. The molecule has 0 amide bonds. The third-order valence-electron chi connectivity index (χ3n) is 2.97. The highest BCUT2D eigenvalue weighted by molar-refractivity contribution is 9.10. The topological polar surface area (TPSA) is 49.3 Å². The van der Waals surface area contributed by atoms with Crippen molar-refractivity contribution in [3.8, 4) is 0 Å². The Hall–Kier alpha value is -1.03. The van der Waals surface area contributed by atoms with E-state index >= 15 is 0 Å². The van der Waals surface area contributed by atoms with Crippen molar-refractivity contribution in [2.24, 2.45) is 5.41 Å². The smallest absolute Gasteiger partial charge is 0.335 e. The molecule has 86 valence electrons. The van der Waals surface area contributed by atoms with Gasteiger partial charge in [-0.25, -0.2) is 4.79 Å². The molecule has 1 aliphatic carbocycles. The van der Waals surface area contributed by atoms with Gasteiger partial charge in [-0.05, 0) is 36.5 Å². The number of nitrogens with one attached hydrogen (secondary N) is 1. The van der Waals surface area contributed by atoms with Crippen LogP contribution in [0.25, 0.3) is 0 Å². The monoisotopic (exact) mass is 283 g/mol. The number of carboxylic acids is 1. The SMILES string of the molecule is CC1(CNc2cc(Br)cc(C(=O)O)c2)CC1. The number of rotatable bonds is 4. The molecule has 0 radical (unpaired) electrons. The minimum absolute atomic E-state index is 0.304. The summed E-state index contributed by atoms with van der Waals surface area (Å²) in [6, 6.07) is 5.17. The number of anilines is 1. The van der Waals surface area contributed by atoms with Gasteiger partial charge in [-0.15, -0.1) is 0 Å². The van der Waals surface area contributed by atoms with Crippen molar-refractivity contribution >= 4 is 27.6 Å². The van der Waals surface area contributed by atoms with Gasteiger partial charge in [0.05, 0.1) is 5.56 Å². The third-order valence-corrected chi connectivity index (χ3v) is 3.43. The van der Waals surface area contributed by atoms with Crippen molar-refractivity contribution in [1.82, 2.24) is 0 Å². The molecule has 1 aromatic rings. The maximum Gasteiger partial charge on any atom is 0.335 e. The van der Waals surface area contributed by atoms with Crippen LogP contribution in [0.15, 0.2) is 22.7 Å². The first-order valence-corrected chi connectivity index (χ1v) is 6.06. The molecule has 0 heterocycles. The van der Waals surface area contributed by atoms with E-state index in [0.717, 1.165) is 16.7 Å². The molecular weight excluding hydrogens is 270 g/mol. The largest absolute Gasteiger partial charge is 0.478 e. The summed E-state index contributed by atoms with van der Waals surface area (Å²) in [5.74, 6) is -0.901. The van der Waals surface area contributed by atoms with Gasteiger partial charge in [0.1, 0.15) is 0 Å². The summed E-state index contributed by atoms with van der Waals surface area (Å²) in [4.78, 5) is 10.9. The Balaban J connectivity index is 2.10. The molecule has 1 aliphatic rings. The highest BCUT2D eigenvalue weighted by Crippen LogP contribution is 2.44. The summed E-state index contributed by atoms with van der Waals surface area (Å²) in [5, 5.41) is 12.2. The Labute approximate surface area is 103 Å². The zero-order chi connectivity index (χ0) is 11.8. The molecule has 1 aromatic carbocycles. The Morgan fingerprint density at radius 3 is 2.75 bits per heavy atom. The average molecular weight is 284 g/mol. The standard InChI is InChI=1S/C12H14BrNO2/c1-12(2-3-12)7-14-10-5-8(11(15)16)4-9(13)6-10/h4-6,14H,2-3,7H2,1H3,(H,15,16). The molecule has 4 heteroatoms. The fourth-order valence-electron chi connectivity index (χ4n) is 1.52. The van der Waals surface area contributed by atoms with Gasteiger partial charge in [0, 0.05) is 16.7 Å². The molecule has 0 unspecified atom stereocenters. The zero-order valence-electron chi connectivity index (χ0n) is 9.09. The fraction of sp³-hybridized carbons (Fsp3) is 0.417. The van der Waals surface area contributed by atoms with E-state index in [1.807, 2.05) is 6.07 Å². The van der Waals surface area contributed by atoms with E-state index in [2.05, 4.69) is 28.2 Å². The fourth-order valence-corrected chi connectivity index (χ4v) is 2.01. The quantitative estimate of drug-likeness (QED) is 0.891. The molecular formula is C12H14BrNO2. The average Bonchev–Trinajstić information content (AvgIpc) is 2.94. The second kappa shape index (κ2) is 4.09. The third kappa shape index (κ3) is 2.76. The van der Waals surface area contributed by atoms with Crippen LogP contribution in [0.2, 0.25) is 0 Å². The second-order valence-corrected chi connectivity index (χ2v) is 5.61. The molecule has 0 saturated heterocycles. The summed E-state index contributed by atoms with van der Waals surface area (Å²) >= 11 is 3.31. The molecule has 1 saturated carbocycles. The van der Waals surface area contributed by atoms with Crippen LogP contribution in [0.1, 0.15) is 30.1 Å². The van der Waals surface area contributed by atoms with Crippen LogP contribution in [-0.2, 0) is 0 Å². The predicted octanol–water partition coefficient (Wildman–Crippen LogP) is 3.36. The Morgan fingerprint density at radius 2 is 2.19 bits per heavy atom. The first kappa shape index (κ1) is 11.5. The highest BCUT2D eigenvalue weighted by Gasteiger charge is 2.36. The Kier molecular flexibility index (Phi) is 2.93. The van der Waals surface area contributed by atoms with E-state index in [4.69, 9.17) is 5.11 Å². The summed E-state index contributed by atoms with van der Waals surface area (Å²) in [5.41, 5.74) is 1.57. The summed E-state index contributed by atoms with van der Waals surface area (Å²) in [6.45, 7) is 3.14. The van der Waals surface area contributed by atoms with E-state index in [0.29, 0.717) is 11.0 Å². The lowest BCUT2D eigenvalue weighted by Gasteiger charge is -2.12. The number of hydrogen-bond donors (Lipinski definition) is 2. The van der Waals surface area contributed by atoms with E-state index in [9.17, 15) is 4.79 Å². The van der Waals surface area contributed by atoms with Crippen LogP contribution >= 0.6 is 15.9 Å². The van der Waals surface area contributed by atoms with Gasteiger partial charge in [0.2, 0.25) is 0 Å². The molecule has 0 aliphatic heterocycles. The molecule has 1 fully saturated rings. The van der Waals surface area contributed by atoms with Gasteiger partial charge in [0.15, 0.2) is 0 Å². The van der Waals surface area contributed by atoms with Crippen LogP contribution in [0.5, 0.6) is 0 Å². The van der Waals surface area contributed by atoms with E-state index < -0.39 is 5.97 Å². The van der Waals surface area contributed by atoms with Crippen molar-refractivity contribution in [3.05, 3.63) is 28.2 Å². The number of halogens is 1. The van der Waals surface area contributed by atoms with Crippen LogP contribution in [0.3, 0.4) is 0 Å². The molecule has 2 rings (SSSR count). The maximum atomic E-state index is 10.9. The lowest BCUT2D eigenvalue weighted by atomic mass is 10.1. The van der Waals surface area contributed by atoms with Crippen molar-refractivity contribution in [3.63, 3.8) is 0 Å². The van der Waals surface area contributed by atoms with Crippen molar-refractivity contribution in [2.75, 3.05) is 11.9 Å². The molecule has 2 N–H and O–H groups in total. The van der Waals surface area contributed by atoms with Gasteiger partial charge in [-0.2, -0.15) is 0 Å². The molecule has 0 aromatic heterocycles. The lowest BCUT2D eigenvalue weighted by molar-refractivity contribution is 0.0697. The highest BCUT2D eigenvalue weighted by atomic mass is 79.9. The predicted molar refractivity (Wildman–Crippen MR) is 66.9 cm³/mol. The number of aromatic carboxylic acids is 1. The van der Waals surface area contributed by atoms with Gasteiger partial charge in [-0.1, -0.05) is 22.9 Å². The lowest BCUT2D eigenvalue weighted by Crippen LogP contribution is -2.12. The number of carboxylic acid groups (broad SMARTS) is 1. The first-order valence-electron chi connectivity index (χ1n) is 5.26. The molecule has 3 nitrogen and oxygen atoms in total. The van der Waals surface area contributed by atoms with Crippen molar-refractivity contribution in [2.45, 2.75) is 19.8 Å². The van der Waals surface area contributed by atoms with E-state index in [1.54, 1.807) is 12.1 Å². The van der Waals surface area contributed by atoms with Crippen LogP contribution in [0, 0.1) is 5.41 Å².